The molecule has 0 radical (unpaired) electrons. The first-order chi connectivity index (χ1) is 13.8. The molecule has 0 aliphatic carbocycles. The summed E-state index contributed by atoms with van der Waals surface area (Å²) in [7, 11) is 0. The number of aromatic nitrogens is 3. The van der Waals surface area contributed by atoms with E-state index in [2.05, 4.69) is 61.9 Å². The maximum absolute atomic E-state index is 12.5. The zero-order chi connectivity index (χ0) is 20.9. The van der Waals surface area contributed by atoms with Crippen molar-refractivity contribution < 1.29 is 4.79 Å². The Bertz CT molecular complexity index is 914. The molecule has 0 spiro atoms. The fourth-order valence-corrected chi connectivity index (χ4v) is 4.49. The van der Waals surface area contributed by atoms with Crippen molar-refractivity contribution in [2.75, 3.05) is 0 Å². The summed E-state index contributed by atoms with van der Waals surface area (Å²) in [6.07, 6.45) is 1.65. The Morgan fingerprint density at radius 1 is 1.17 bits per heavy atom. The SMILES string of the molecule is CC(Sc1nnc(Cc2cccs2)n1CCc1ccccc1)C(=O)NC(C)(C)C. The molecule has 1 atom stereocenters. The maximum Gasteiger partial charge on any atom is 0.233 e. The van der Waals surface area contributed by atoms with Gasteiger partial charge in [-0.15, -0.1) is 21.5 Å². The van der Waals surface area contributed by atoms with Crippen molar-refractivity contribution in [1.82, 2.24) is 20.1 Å². The molecule has 1 N–H and O–H groups in total. The van der Waals surface area contributed by atoms with E-state index in [9.17, 15) is 4.79 Å². The lowest BCUT2D eigenvalue weighted by Gasteiger charge is -2.23. The maximum atomic E-state index is 12.5. The van der Waals surface area contributed by atoms with Crippen molar-refractivity contribution in [3.8, 4) is 0 Å². The highest BCUT2D eigenvalue weighted by atomic mass is 32.2. The molecule has 1 amide bonds. The lowest BCUT2D eigenvalue weighted by atomic mass is 10.1. The highest BCUT2D eigenvalue weighted by molar-refractivity contribution is 8.00. The van der Waals surface area contributed by atoms with Gasteiger partial charge in [-0.2, -0.15) is 0 Å². The quantitative estimate of drug-likeness (QED) is 0.534. The van der Waals surface area contributed by atoms with Gasteiger partial charge in [-0.25, -0.2) is 0 Å². The van der Waals surface area contributed by atoms with E-state index in [-0.39, 0.29) is 16.7 Å². The lowest BCUT2D eigenvalue weighted by molar-refractivity contribution is -0.121. The van der Waals surface area contributed by atoms with Gasteiger partial charge in [0.05, 0.1) is 5.25 Å². The smallest absolute Gasteiger partial charge is 0.233 e. The fraction of sp³-hybridized carbons (Fsp3) is 0.409. The molecule has 5 nitrogen and oxygen atoms in total. The van der Waals surface area contributed by atoms with Gasteiger partial charge in [0.1, 0.15) is 5.82 Å². The van der Waals surface area contributed by atoms with Crippen LogP contribution < -0.4 is 5.32 Å². The third kappa shape index (κ3) is 6.44. The van der Waals surface area contributed by atoms with Gasteiger partial charge in [-0.1, -0.05) is 48.2 Å². The van der Waals surface area contributed by atoms with E-state index in [1.165, 1.54) is 22.2 Å². The van der Waals surface area contributed by atoms with Crippen LogP contribution in [-0.2, 0) is 24.2 Å². The minimum absolute atomic E-state index is 0.0138. The molecule has 0 aliphatic rings. The number of nitrogens with zero attached hydrogens (tertiary/aromatic N) is 3. The Morgan fingerprint density at radius 3 is 2.59 bits per heavy atom. The van der Waals surface area contributed by atoms with Gasteiger partial charge < -0.3 is 9.88 Å². The number of carbonyl (C=O) groups is 1. The van der Waals surface area contributed by atoms with Crippen LogP contribution in [0.5, 0.6) is 0 Å². The normalized spacial score (nSPS) is 12.7. The Morgan fingerprint density at radius 2 is 1.93 bits per heavy atom. The minimum Gasteiger partial charge on any atom is -0.351 e. The second-order valence-corrected chi connectivity index (χ2v) is 10.4. The van der Waals surface area contributed by atoms with E-state index in [0.29, 0.717) is 0 Å². The summed E-state index contributed by atoms with van der Waals surface area (Å²) in [5, 5.41) is 14.6. The predicted molar refractivity (Wildman–Crippen MR) is 121 cm³/mol. The molecule has 3 aromatic rings. The molecular weight excluding hydrogens is 400 g/mol. The summed E-state index contributed by atoms with van der Waals surface area (Å²) in [4.78, 5) is 13.8. The molecule has 154 valence electrons. The Labute approximate surface area is 180 Å². The molecule has 1 aromatic carbocycles. The summed E-state index contributed by atoms with van der Waals surface area (Å²) in [5.74, 6) is 0.953. The van der Waals surface area contributed by atoms with Crippen molar-refractivity contribution in [3.63, 3.8) is 0 Å². The largest absolute Gasteiger partial charge is 0.351 e. The highest BCUT2D eigenvalue weighted by Gasteiger charge is 2.23. The van der Waals surface area contributed by atoms with Crippen LogP contribution in [0.2, 0.25) is 0 Å². The second-order valence-electron chi connectivity index (χ2n) is 8.04. The summed E-state index contributed by atoms with van der Waals surface area (Å²) in [5.41, 5.74) is 1.02. The summed E-state index contributed by atoms with van der Waals surface area (Å²) >= 11 is 3.19. The topological polar surface area (TPSA) is 59.8 Å². The molecule has 0 saturated carbocycles. The van der Waals surface area contributed by atoms with Crippen molar-refractivity contribution in [3.05, 3.63) is 64.1 Å². The predicted octanol–water partition coefficient (Wildman–Crippen LogP) is 4.57. The number of thiophene rings is 1. The molecule has 2 heterocycles. The van der Waals surface area contributed by atoms with Gasteiger partial charge in [-0.3, -0.25) is 4.79 Å². The summed E-state index contributed by atoms with van der Waals surface area (Å²) < 4.78 is 2.16. The third-order valence-corrected chi connectivity index (χ3v) is 6.28. The number of rotatable bonds is 8. The monoisotopic (exact) mass is 428 g/mol. The molecule has 0 bridgehead atoms. The van der Waals surface area contributed by atoms with Crippen molar-refractivity contribution in [2.24, 2.45) is 0 Å². The standard InChI is InChI=1S/C22H28N4OS2/c1-16(20(27)23-22(2,3)4)29-21-25-24-19(15-18-11-8-14-28-18)26(21)13-12-17-9-6-5-7-10-17/h5-11,14,16H,12-13,15H2,1-4H3,(H,23,27). The van der Waals surface area contributed by atoms with Crippen LogP contribution in [-0.4, -0.2) is 31.5 Å². The number of benzene rings is 1. The average Bonchev–Trinajstić information content (AvgIpc) is 3.30. The van der Waals surface area contributed by atoms with Crippen LogP contribution in [0.15, 0.2) is 53.0 Å². The highest BCUT2D eigenvalue weighted by Crippen LogP contribution is 2.25. The van der Waals surface area contributed by atoms with Crippen molar-refractivity contribution in [2.45, 2.75) is 63.0 Å². The molecule has 29 heavy (non-hydrogen) atoms. The number of nitrogens with one attached hydrogen (secondary N) is 1. The Kier molecular flexibility index (Phi) is 7.14. The van der Waals surface area contributed by atoms with Gasteiger partial charge in [0.25, 0.3) is 0 Å². The summed E-state index contributed by atoms with van der Waals surface area (Å²) in [6.45, 7) is 8.67. The van der Waals surface area contributed by atoms with Crippen LogP contribution in [0.25, 0.3) is 0 Å². The third-order valence-electron chi connectivity index (χ3n) is 4.32. The van der Waals surface area contributed by atoms with E-state index >= 15 is 0 Å². The van der Waals surface area contributed by atoms with E-state index < -0.39 is 0 Å². The van der Waals surface area contributed by atoms with Crippen LogP contribution >= 0.6 is 23.1 Å². The van der Waals surface area contributed by atoms with E-state index in [4.69, 9.17) is 0 Å². The van der Waals surface area contributed by atoms with E-state index in [1.54, 1.807) is 11.3 Å². The first-order valence-electron chi connectivity index (χ1n) is 9.79. The number of hydrogen-bond donors (Lipinski definition) is 1. The van der Waals surface area contributed by atoms with Crippen LogP contribution in [0, 0.1) is 0 Å². The molecule has 0 saturated heterocycles. The van der Waals surface area contributed by atoms with E-state index in [0.717, 1.165) is 30.4 Å². The lowest BCUT2D eigenvalue weighted by Crippen LogP contribution is -2.44. The molecule has 7 heteroatoms. The first-order valence-corrected chi connectivity index (χ1v) is 11.5. The second kappa shape index (κ2) is 9.59. The molecule has 2 aromatic heterocycles. The van der Waals surface area contributed by atoms with Crippen LogP contribution in [0.3, 0.4) is 0 Å². The molecule has 3 rings (SSSR count). The zero-order valence-electron chi connectivity index (χ0n) is 17.4. The van der Waals surface area contributed by atoms with Crippen molar-refractivity contribution >= 4 is 29.0 Å². The average molecular weight is 429 g/mol. The number of hydrogen-bond acceptors (Lipinski definition) is 5. The fourth-order valence-electron chi connectivity index (χ4n) is 2.90. The first kappa shape index (κ1) is 21.6. The van der Waals surface area contributed by atoms with Gasteiger partial charge in [0.15, 0.2) is 5.16 Å². The zero-order valence-corrected chi connectivity index (χ0v) is 19.0. The van der Waals surface area contributed by atoms with Crippen molar-refractivity contribution in [1.29, 1.82) is 0 Å². The Hall–Kier alpha value is -2.12. The van der Waals surface area contributed by atoms with Crippen LogP contribution in [0.4, 0.5) is 0 Å². The number of aryl methyl sites for hydroxylation is 1. The minimum atomic E-state index is -0.253. The van der Waals surface area contributed by atoms with E-state index in [1.807, 2.05) is 33.8 Å². The van der Waals surface area contributed by atoms with Gasteiger partial charge in [-0.05, 0) is 51.1 Å². The van der Waals surface area contributed by atoms with Gasteiger partial charge in [0, 0.05) is 23.4 Å². The van der Waals surface area contributed by atoms with Gasteiger partial charge in [0.2, 0.25) is 5.91 Å². The molecule has 0 fully saturated rings. The number of thioether (sulfide) groups is 1. The molecule has 1 unspecified atom stereocenters. The Balaban J connectivity index is 1.78. The van der Waals surface area contributed by atoms with Gasteiger partial charge >= 0.3 is 0 Å². The number of carbonyl (C=O) groups excluding carboxylic acids is 1. The molecule has 0 aliphatic heterocycles. The summed E-state index contributed by atoms with van der Waals surface area (Å²) in [6, 6.07) is 14.6. The van der Waals surface area contributed by atoms with Crippen LogP contribution in [0.1, 0.15) is 44.0 Å². The number of amides is 1. The molecular formula is C22H28N4OS2.